The van der Waals surface area contributed by atoms with Crippen molar-refractivity contribution >= 4 is 12.0 Å². The number of methoxy groups -OCH3 is 1. The third kappa shape index (κ3) is 5.17. The van der Waals surface area contributed by atoms with Crippen molar-refractivity contribution in [3.8, 4) is 5.75 Å². The van der Waals surface area contributed by atoms with E-state index < -0.39 is 17.9 Å². The van der Waals surface area contributed by atoms with Gasteiger partial charge in [-0.2, -0.15) is 13.2 Å². The van der Waals surface area contributed by atoms with Crippen molar-refractivity contribution in [1.29, 1.82) is 0 Å². The second-order valence-corrected chi connectivity index (χ2v) is 6.69. The van der Waals surface area contributed by atoms with Crippen molar-refractivity contribution in [3.63, 3.8) is 0 Å². The van der Waals surface area contributed by atoms with Gasteiger partial charge in [0.05, 0.1) is 25.2 Å². The lowest BCUT2D eigenvalue weighted by molar-refractivity contribution is -0.304. The van der Waals surface area contributed by atoms with Crippen LogP contribution in [0.15, 0.2) is 17.1 Å². The van der Waals surface area contributed by atoms with Crippen LogP contribution in [0.25, 0.3) is 0 Å². The summed E-state index contributed by atoms with van der Waals surface area (Å²) in [6.45, 7) is 7.79. The second kappa shape index (κ2) is 10.1. The summed E-state index contributed by atoms with van der Waals surface area (Å²) in [5.74, 6) is -0.0877. The molecule has 1 aromatic carbocycles. The van der Waals surface area contributed by atoms with E-state index in [0.29, 0.717) is 17.7 Å². The molecule has 0 aliphatic rings. The monoisotopic (exact) mass is 404 g/mol. The molecule has 160 valence electrons. The number of aliphatic imine (C=N–C) groups is 1. The van der Waals surface area contributed by atoms with Gasteiger partial charge in [-0.05, 0) is 38.3 Å². The Kier molecular flexibility index (Phi) is 8.75. The molecule has 0 heterocycles. The maximum absolute atomic E-state index is 14.1. The van der Waals surface area contributed by atoms with Gasteiger partial charge in [0.2, 0.25) is 5.60 Å². The topological polar surface area (TPSA) is 54.3 Å². The van der Waals surface area contributed by atoms with Gasteiger partial charge in [0, 0.05) is 31.8 Å². The number of aliphatic hydroxyl groups is 1. The first-order chi connectivity index (χ1) is 13.1. The van der Waals surface area contributed by atoms with Crippen molar-refractivity contribution in [3.05, 3.63) is 23.3 Å². The number of aryl methyl sites for hydroxylation is 1. The van der Waals surface area contributed by atoms with Gasteiger partial charge < -0.3 is 19.5 Å². The van der Waals surface area contributed by atoms with Crippen LogP contribution in [-0.4, -0.2) is 55.9 Å². The minimum absolute atomic E-state index is 0.0145. The lowest BCUT2D eigenvalue weighted by Gasteiger charge is -2.38. The molecule has 0 saturated heterocycles. The summed E-state index contributed by atoms with van der Waals surface area (Å²) in [5, 5.41) is 10.9. The van der Waals surface area contributed by atoms with E-state index in [-0.39, 0.29) is 24.3 Å². The minimum Gasteiger partial charge on any atom is -0.496 e. The first kappa shape index (κ1) is 24.2. The zero-order valence-electron chi connectivity index (χ0n) is 17.4. The molecule has 0 fully saturated rings. The molecule has 0 aliphatic heterocycles. The summed E-state index contributed by atoms with van der Waals surface area (Å²) in [4.78, 5) is 6.14. The molecule has 5 nitrogen and oxygen atoms in total. The van der Waals surface area contributed by atoms with Gasteiger partial charge in [0.1, 0.15) is 5.75 Å². The summed E-state index contributed by atoms with van der Waals surface area (Å²) in [6, 6.07) is 2.69. The first-order valence-electron chi connectivity index (χ1n) is 9.40. The third-order valence-electron chi connectivity index (χ3n) is 4.61. The van der Waals surface area contributed by atoms with E-state index in [1.54, 1.807) is 27.1 Å². The Morgan fingerprint density at radius 2 is 1.89 bits per heavy atom. The molecule has 2 atom stereocenters. The Labute approximate surface area is 165 Å². The van der Waals surface area contributed by atoms with Crippen molar-refractivity contribution in [2.75, 3.05) is 27.3 Å². The first-order valence-corrected chi connectivity index (χ1v) is 9.40. The van der Waals surface area contributed by atoms with Crippen molar-refractivity contribution in [2.45, 2.75) is 58.4 Å². The average molecular weight is 404 g/mol. The Morgan fingerprint density at radius 1 is 1.25 bits per heavy atom. The standard InChI is InChI=1S/C20H31F3N2O3/c1-7-10-28-18(8-2)19(26,20(21,22)23)15-11-14(4)16(12-17(15)27-6)24-13-25(5)9-3/h11-13,18,26H,7-10H2,1-6H3. The molecule has 0 amide bonds. The zero-order valence-corrected chi connectivity index (χ0v) is 17.4. The molecule has 0 radical (unpaired) electrons. The maximum Gasteiger partial charge on any atom is 0.424 e. The van der Waals surface area contributed by atoms with Gasteiger partial charge in [-0.1, -0.05) is 13.8 Å². The molecule has 0 aliphatic carbocycles. The predicted octanol–water partition coefficient (Wildman–Crippen LogP) is 4.57. The maximum atomic E-state index is 14.1. The average Bonchev–Trinajstić information content (AvgIpc) is 2.65. The van der Waals surface area contributed by atoms with Gasteiger partial charge in [-0.15, -0.1) is 0 Å². The summed E-state index contributed by atoms with van der Waals surface area (Å²) >= 11 is 0. The molecule has 1 rings (SSSR count). The minimum atomic E-state index is -4.95. The smallest absolute Gasteiger partial charge is 0.424 e. The number of halogens is 3. The summed E-state index contributed by atoms with van der Waals surface area (Å²) in [7, 11) is 3.11. The molecular formula is C20H31F3N2O3. The Morgan fingerprint density at radius 3 is 2.36 bits per heavy atom. The van der Waals surface area contributed by atoms with Crippen LogP contribution in [-0.2, 0) is 10.3 Å². The van der Waals surface area contributed by atoms with Crippen LogP contribution in [0.3, 0.4) is 0 Å². The molecule has 0 saturated carbocycles. The van der Waals surface area contributed by atoms with Gasteiger partial charge >= 0.3 is 6.18 Å². The van der Waals surface area contributed by atoms with E-state index in [2.05, 4.69) is 4.99 Å². The normalized spacial score (nSPS) is 15.5. The largest absolute Gasteiger partial charge is 0.496 e. The molecule has 2 unspecified atom stereocenters. The van der Waals surface area contributed by atoms with Crippen LogP contribution in [0.4, 0.5) is 18.9 Å². The van der Waals surface area contributed by atoms with Gasteiger partial charge in [-0.25, -0.2) is 4.99 Å². The molecule has 28 heavy (non-hydrogen) atoms. The molecule has 0 bridgehead atoms. The lowest BCUT2D eigenvalue weighted by atomic mass is 9.84. The van der Waals surface area contributed by atoms with Gasteiger partial charge in [0.15, 0.2) is 0 Å². The fourth-order valence-corrected chi connectivity index (χ4v) is 2.83. The summed E-state index contributed by atoms with van der Waals surface area (Å²) in [6.07, 6.45) is -4.29. The highest BCUT2D eigenvalue weighted by molar-refractivity contribution is 5.65. The molecule has 8 heteroatoms. The van der Waals surface area contributed by atoms with Crippen LogP contribution in [0.5, 0.6) is 5.75 Å². The number of hydrogen-bond donors (Lipinski definition) is 1. The molecule has 1 aromatic rings. The molecular weight excluding hydrogens is 373 g/mol. The lowest BCUT2D eigenvalue weighted by Crippen LogP contribution is -2.53. The van der Waals surface area contributed by atoms with Crippen molar-refractivity contribution in [2.24, 2.45) is 4.99 Å². The van der Waals surface area contributed by atoms with Crippen LogP contribution < -0.4 is 4.74 Å². The quantitative estimate of drug-likeness (QED) is 0.458. The van der Waals surface area contributed by atoms with Crippen molar-refractivity contribution < 1.29 is 27.8 Å². The number of alkyl halides is 3. The molecule has 1 N–H and O–H groups in total. The Hall–Kier alpha value is -1.80. The van der Waals surface area contributed by atoms with E-state index in [9.17, 15) is 18.3 Å². The fraction of sp³-hybridized carbons (Fsp3) is 0.650. The second-order valence-electron chi connectivity index (χ2n) is 6.69. The third-order valence-corrected chi connectivity index (χ3v) is 4.61. The SMILES string of the molecule is CCCOC(CC)C(O)(c1cc(C)c(N=CN(C)CC)cc1OC)C(F)(F)F. The highest BCUT2D eigenvalue weighted by Gasteiger charge is 2.61. The number of benzene rings is 1. The van der Waals surface area contributed by atoms with E-state index in [1.165, 1.54) is 19.2 Å². The van der Waals surface area contributed by atoms with Crippen molar-refractivity contribution in [1.82, 2.24) is 4.90 Å². The number of nitrogens with zero attached hydrogens (tertiary/aromatic N) is 2. The molecule has 0 spiro atoms. The van der Waals surface area contributed by atoms with E-state index in [4.69, 9.17) is 9.47 Å². The molecule has 0 aromatic heterocycles. The fourth-order valence-electron chi connectivity index (χ4n) is 2.83. The number of rotatable bonds is 10. The zero-order chi connectivity index (χ0) is 21.5. The Balaban J connectivity index is 3.57. The van der Waals surface area contributed by atoms with E-state index in [1.807, 2.05) is 18.9 Å². The number of hydrogen-bond acceptors (Lipinski definition) is 4. The summed E-state index contributed by atoms with van der Waals surface area (Å²) < 4.78 is 52.8. The number of ether oxygens (including phenoxy) is 2. The van der Waals surface area contributed by atoms with Gasteiger partial charge in [-0.3, -0.25) is 0 Å². The van der Waals surface area contributed by atoms with Crippen LogP contribution in [0, 0.1) is 6.92 Å². The van der Waals surface area contributed by atoms with Gasteiger partial charge in [0.25, 0.3) is 0 Å². The highest BCUT2D eigenvalue weighted by atomic mass is 19.4. The highest BCUT2D eigenvalue weighted by Crippen LogP contribution is 2.48. The van der Waals surface area contributed by atoms with Crippen LogP contribution >= 0.6 is 0 Å². The Bertz CT molecular complexity index is 665. The van der Waals surface area contributed by atoms with Crippen LogP contribution in [0.1, 0.15) is 44.7 Å². The van der Waals surface area contributed by atoms with Crippen LogP contribution in [0.2, 0.25) is 0 Å². The van der Waals surface area contributed by atoms with E-state index in [0.717, 1.165) is 6.54 Å². The predicted molar refractivity (Wildman–Crippen MR) is 104 cm³/mol. The van der Waals surface area contributed by atoms with E-state index >= 15 is 0 Å². The summed E-state index contributed by atoms with van der Waals surface area (Å²) in [5.41, 5.74) is -2.61.